The van der Waals surface area contributed by atoms with Gasteiger partial charge < -0.3 is 5.32 Å². The number of aryl methyl sites for hydroxylation is 1. The molecule has 0 aliphatic carbocycles. The molecule has 4 nitrogen and oxygen atoms in total. The predicted molar refractivity (Wildman–Crippen MR) is 103 cm³/mol. The first kappa shape index (κ1) is 18.1. The van der Waals surface area contributed by atoms with Crippen LogP contribution < -0.4 is 5.32 Å². The first-order valence-electron chi connectivity index (χ1n) is 9.21. The lowest BCUT2D eigenvalue weighted by Gasteiger charge is -2.20. The average molecular weight is 358 g/mol. The van der Waals surface area contributed by atoms with Crippen molar-refractivity contribution in [1.29, 1.82) is 0 Å². The third-order valence-electron chi connectivity index (χ3n) is 4.78. The maximum absolute atomic E-state index is 12.4. The van der Waals surface area contributed by atoms with Crippen molar-refractivity contribution in [2.24, 2.45) is 0 Å². The summed E-state index contributed by atoms with van der Waals surface area (Å²) in [6, 6.07) is 8.06. The number of carbonyl (C=O) groups is 1. The molecular weight excluding hydrogens is 330 g/mol. The van der Waals surface area contributed by atoms with Crippen LogP contribution in [0.5, 0.6) is 0 Å². The van der Waals surface area contributed by atoms with Crippen LogP contribution in [-0.2, 0) is 13.0 Å². The number of hydrogen-bond acceptors (Lipinski definition) is 4. The number of nitrogens with one attached hydrogen (secondary N) is 1. The molecule has 1 aromatic heterocycles. The lowest BCUT2D eigenvalue weighted by atomic mass is 10.1. The number of likely N-dealkylation sites (tertiary alicyclic amines) is 1. The summed E-state index contributed by atoms with van der Waals surface area (Å²) in [5.74, 6) is 0.0138. The van der Waals surface area contributed by atoms with Crippen LogP contribution in [0.4, 0.5) is 0 Å². The van der Waals surface area contributed by atoms with Gasteiger partial charge in [0.1, 0.15) is 0 Å². The molecule has 0 unspecified atom stereocenters. The van der Waals surface area contributed by atoms with E-state index in [1.165, 1.54) is 49.2 Å². The first-order valence-corrected chi connectivity index (χ1v) is 10.1. The zero-order valence-electron chi connectivity index (χ0n) is 15.0. The van der Waals surface area contributed by atoms with Gasteiger partial charge in [-0.3, -0.25) is 9.69 Å². The van der Waals surface area contributed by atoms with Crippen LogP contribution in [0, 0.1) is 6.92 Å². The maximum atomic E-state index is 12.4. The SMILES string of the molecule is Cc1ncsc1CCNC(=O)c1cccc(CN2CCCCCC2)c1. The average Bonchev–Trinajstić information content (AvgIpc) is 2.86. The van der Waals surface area contributed by atoms with E-state index in [4.69, 9.17) is 0 Å². The van der Waals surface area contributed by atoms with Crippen molar-refractivity contribution in [3.05, 3.63) is 51.5 Å². The van der Waals surface area contributed by atoms with E-state index in [1.54, 1.807) is 11.3 Å². The van der Waals surface area contributed by atoms with Crippen LogP contribution in [0.25, 0.3) is 0 Å². The van der Waals surface area contributed by atoms with Crippen molar-refractivity contribution >= 4 is 17.2 Å². The van der Waals surface area contributed by atoms with E-state index in [9.17, 15) is 4.79 Å². The molecule has 1 N–H and O–H groups in total. The fraction of sp³-hybridized carbons (Fsp3) is 0.500. The van der Waals surface area contributed by atoms with Gasteiger partial charge in [-0.25, -0.2) is 4.98 Å². The van der Waals surface area contributed by atoms with Gasteiger partial charge in [0, 0.05) is 30.0 Å². The van der Waals surface area contributed by atoms with E-state index in [0.29, 0.717) is 6.54 Å². The molecule has 1 aliphatic rings. The summed E-state index contributed by atoms with van der Waals surface area (Å²) in [7, 11) is 0. The lowest BCUT2D eigenvalue weighted by Crippen LogP contribution is -2.26. The number of amides is 1. The molecule has 0 atom stereocenters. The zero-order chi connectivity index (χ0) is 17.5. The fourth-order valence-corrected chi connectivity index (χ4v) is 4.10. The molecule has 1 fully saturated rings. The van der Waals surface area contributed by atoms with Crippen LogP contribution in [0.3, 0.4) is 0 Å². The molecule has 2 aromatic rings. The summed E-state index contributed by atoms with van der Waals surface area (Å²) in [6.45, 7) is 5.95. The van der Waals surface area contributed by atoms with E-state index in [1.807, 2.05) is 30.6 Å². The second-order valence-electron chi connectivity index (χ2n) is 6.76. The van der Waals surface area contributed by atoms with Crippen LogP contribution in [-0.4, -0.2) is 35.4 Å². The van der Waals surface area contributed by atoms with E-state index in [2.05, 4.69) is 21.3 Å². The molecule has 3 rings (SSSR count). The van der Waals surface area contributed by atoms with Crippen molar-refractivity contribution in [2.45, 2.75) is 45.6 Å². The van der Waals surface area contributed by atoms with Gasteiger partial charge in [-0.2, -0.15) is 0 Å². The van der Waals surface area contributed by atoms with Crippen molar-refractivity contribution < 1.29 is 4.79 Å². The van der Waals surface area contributed by atoms with Gasteiger partial charge in [-0.05, 0) is 50.6 Å². The Morgan fingerprint density at radius 1 is 1.24 bits per heavy atom. The molecule has 0 radical (unpaired) electrons. The zero-order valence-corrected chi connectivity index (χ0v) is 15.8. The van der Waals surface area contributed by atoms with Gasteiger partial charge in [-0.15, -0.1) is 11.3 Å². The Bertz CT molecular complexity index is 690. The van der Waals surface area contributed by atoms with E-state index in [0.717, 1.165) is 24.2 Å². The van der Waals surface area contributed by atoms with Gasteiger partial charge in [0.05, 0.1) is 11.2 Å². The smallest absolute Gasteiger partial charge is 0.251 e. The quantitative estimate of drug-likeness (QED) is 0.855. The summed E-state index contributed by atoms with van der Waals surface area (Å²) in [4.78, 5) is 20.4. The molecule has 1 amide bonds. The van der Waals surface area contributed by atoms with Crippen LogP contribution in [0.1, 0.15) is 52.2 Å². The molecule has 5 heteroatoms. The fourth-order valence-electron chi connectivity index (χ4n) is 3.32. The van der Waals surface area contributed by atoms with Crippen LogP contribution >= 0.6 is 11.3 Å². The second kappa shape index (κ2) is 9.11. The standard InChI is InChI=1S/C20H27N3OS/c1-16-19(25-15-22-16)9-10-21-20(24)18-8-6-7-17(13-18)14-23-11-4-2-3-5-12-23/h6-8,13,15H,2-5,9-12,14H2,1H3,(H,21,24). The summed E-state index contributed by atoms with van der Waals surface area (Å²) >= 11 is 1.65. The maximum Gasteiger partial charge on any atom is 0.251 e. The lowest BCUT2D eigenvalue weighted by molar-refractivity contribution is 0.0954. The Morgan fingerprint density at radius 2 is 2.04 bits per heavy atom. The highest BCUT2D eigenvalue weighted by atomic mass is 32.1. The summed E-state index contributed by atoms with van der Waals surface area (Å²) in [5, 5.41) is 3.03. The highest BCUT2D eigenvalue weighted by Crippen LogP contribution is 2.15. The van der Waals surface area contributed by atoms with E-state index < -0.39 is 0 Å². The highest BCUT2D eigenvalue weighted by molar-refractivity contribution is 7.09. The number of nitrogens with zero attached hydrogens (tertiary/aromatic N) is 2. The van der Waals surface area contributed by atoms with E-state index in [-0.39, 0.29) is 5.91 Å². The van der Waals surface area contributed by atoms with Crippen molar-refractivity contribution in [3.8, 4) is 0 Å². The minimum absolute atomic E-state index is 0.0138. The number of hydrogen-bond donors (Lipinski definition) is 1. The van der Waals surface area contributed by atoms with Crippen molar-refractivity contribution in [1.82, 2.24) is 15.2 Å². The molecule has 2 heterocycles. The number of carbonyl (C=O) groups excluding carboxylic acids is 1. The normalized spacial score (nSPS) is 15.7. The predicted octanol–water partition coefficient (Wildman–Crippen LogP) is 3.80. The topological polar surface area (TPSA) is 45.2 Å². The van der Waals surface area contributed by atoms with Crippen LogP contribution in [0.2, 0.25) is 0 Å². The number of benzene rings is 1. The molecule has 1 aromatic carbocycles. The number of rotatable bonds is 6. The molecule has 0 bridgehead atoms. The van der Waals surface area contributed by atoms with Crippen LogP contribution in [0.15, 0.2) is 29.8 Å². The Morgan fingerprint density at radius 3 is 2.76 bits per heavy atom. The summed E-state index contributed by atoms with van der Waals surface area (Å²) in [5.41, 5.74) is 4.92. The largest absolute Gasteiger partial charge is 0.352 e. The monoisotopic (exact) mass is 357 g/mol. The van der Waals surface area contributed by atoms with Gasteiger partial charge in [0.15, 0.2) is 0 Å². The minimum Gasteiger partial charge on any atom is -0.352 e. The Hall–Kier alpha value is -1.72. The molecule has 0 saturated carbocycles. The first-order chi connectivity index (χ1) is 12.2. The Labute approximate surface area is 154 Å². The van der Waals surface area contributed by atoms with Gasteiger partial charge in [0.25, 0.3) is 5.91 Å². The Kier molecular flexibility index (Phi) is 6.59. The van der Waals surface area contributed by atoms with Gasteiger partial charge in [0.2, 0.25) is 0 Å². The molecule has 0 spiro atoms. The van der Waals surface area contributed by atoms with Crippen molar-refractivity contribution in [2.75, 3.05) is 19.6 Å². The van der Waals surface area contributed by atoms with Gasteiger partial charge in [-0.1, -0.05) is 25.0 Å². The molecular formula is C20H27N3OS. The molecule has 1 aliphatic heterocycles. The van der Waals surface area contributed by atoms with Gasteiger partial charge >= 0.3 is 0 Å². The second-order valence-corrected chi connectivity index (χ2v) is 7.70. The summed E-state index contributed by atoms with van der Waals surface area (Å²) < 4.78 is 0. The van der Waals surface area contributed by atoms with Crippen molar-refractivity contribution in [3.63, 3.8) is 0 Å². The van der Waals surface area contributed by atoms with E-state index >= 15 is 0 Å². The summed E-state index contributed by atoms with van der Waals surface area (Å²) in [6.07, 6.45) is 6.11. The number of thiazole rings is 1. The number of aromatic nitrogens is 1. The third kappa shape index (κ3) is 5.38. The molecule has 134 valence electrons. The molecule has 1 saturated heterocycles. The Balaban J connectivity index is 1.53. The minimum atomic E-state index is 0.0138. The highest BCUT2D eigenvalue weighted by Gasteiger charge is 2.11. The molecule has 25 heavy (non-hydrogen) atoms. The third-order valence-corrected chi connectivity index (χ3v) is 5.77.